The molecule has 5 rings (SSSR count). The summed E-state index contributed by atoms with van der Waals surface area (Å²) >= 11 is 0. The number of hydrogen-bond donors (Lipinski definition) is 2. The number of benzene rings is 2. The zero-order chi connectivity index (χ0) is 22.1. The van der Waals surface area contributed by atoms with Gasteiger partial charge >= 0.3 is 14.8 Å². The van der Waals surface area contributed by atoms with Crippen molar-refractivity contribution in [2.45, 2.75) is 12.5 Å². The predicted molar refractivity (Wildman–Crippen MR) is 124 cm³/mol. The van der Waals surface area contributed by atoms with Gasteiger partial charge in [-0.05, 0) is 42.8 Å². The minimum atomic E-state index is -2.63. The van der Waals surface area contributed by atoms with Gasteiger partial charge in [-0.15, -0.1) is 0 Å². The molecule has 10 heteroatoms. The summed E-state index contributed by atoms with van der Waals surface area (Å²) in [6.07, 6.45) is 0.738. The van der Waals surface area contributed by atoms with Gasteiger partial charge in [0, 0.05) is 37.9 Å². The molecule has 3 heterocycles. The van der Waals surface area contributed by atoms with Crippen molar-refractivity contribution in [1.82, 2.24) is 10.2 Å². The molecular formula is C22H29N5O4Si. The van der Waals surface area contributed by atoms with Crippen molar-refractivity contribution in [3.63, 3.8) is 0 Å². The second-order valence-electron chi connectivity index (χ2n) is 7.64. The third-order valence-corrected chi connectivity index (χ3v) is 8.19. The minimum Gasteiger partial charge on any atom is -0.372 e. The summed E-state index contributed by atoms with van der Waals surface area (Å²) < 4.78 is 18.0. The number of nitrogens with one attached hydrogen (secondary N) is 2. The normalized spacial score (nSPS) is 23.3. The average molecular weight is 456 g/mol. The maximum atomic E-state index is 12.2. The van der Waals surface area contributed by atoms with Gasteiger partial charge < -0.3 is 23.9 Å². The van der Waals surface area contributed by atoms with Crippen LogP contribution in [0, 0.1) is 0 Å². The Balaban J connectivity index is 1.19. The van der Waals surface area contributed by atoms with E-state index in [1.807, 2.05) is 42.5 Å². The fourth-order valence-corrected chi connectivity index (χ4v) is 6.07. The van der Waals surface area contributed by atoms with Gasteiger partial charge in [0.25, 0.3) is 0 Å². The van der Waals surface area contributed by atoms with E-state index < -0.39 is 8.80 Å². The van der Waals surface area contributed by atoms with Crippen LogP contribution in [-0.2, 0) is 13.3 Å². The van der Waals surface area contributed by atoms with E-state index in [2.05, 4.69) is 25.8 Å². The number of nitrogens with zero attached hydrogens (tertiary/aromatic N) is 3. The van der Waals surface area contributed by atoms with E-state index >= 15 is 0 Å². The first-order chi connectivity index (χ1) is 15.7. The summed E-state index contributed by atoms with van der Waals surface area (Å²) in [6.45, 7) is 5.22. The number of anilines is 1. The van der Waals surface area contributed by atoms with Crippen molar-refractivity contribution >= 4 is 31.9 Å². The number of hydrogen-bond acceptors (Lipinski definition) is 7. The van der Waals surface area contributed by atoms with Crippen molar-refractivity contribution in [3.8, 4) is 0 Å². The summed E-state index contributed by atoms with van der Waals surface area (Å²) in [5, 5.41) is 14.1. The molecule has 2 amide bonds. The molecule has 0 unspecified atom stereocenters. The lowest BCUT2D eigenvalue weighted by Gasteiger charge is -2.38. The summed E-state index contributed by atoms with van der Waals surface area (Å²) in [6, 6.07) is 17.2. The fraction of sp³-hybridized carbons (Fsp3) is 0.409. The molecule has 32 heavy (non-hydrogen) atoms. The summed E-state index contributed by atoms with van der Waals surface area (Å²) in [7, 11) is -2.63. The third-order valence-electron chi connectivity index (χ3n) is 5.30. The monoisotopic (exact) mass is 455 g/mol. The molecule has 2 aromatic rings. The molecule has 3 aliphatic rings. The van der Waals surface area contributed by atoms with E-state index in [1.54, 1.807) is 12.1 Å². The zero-order valence-electron chi connectivity index (χ0n) is 18.0. The van der Waals surface area contributed by atoms with Crippen LogP contribution in [0.25, 0.3) is 0 Å². The van der Waals surface area contributed by atoms with Gasteiger partial charge in [0.1, 0.15) is 0 Å². The van der Waals surface area contributed by atoms with Gasteiger partial charge in [0.2, 0.25) is 0 Å². The molecule has 0 aliphatic carbocycles. The van der Waals surface area contributed by atoms with E-state index in [-0.39, 0.29) is 6.03 Å². The smallest absolute Gasteiger partial charge is 0.372 e. The molecule has 0 aromatic heterocycles. The standard InChI is InChI=1S/C22H29N5O4Si/c28-22(23-11-4-18-32-29-15-12-27(13-16-30-32)14-17-31-32)24-19-7-9-21(10-8-19)26-25-20-5-2-1-3-6-20/h1-3,5-10H,4,11-18H2,(H2,23,24,28). The number of rotatable bonds is 7. The maximum absolute atomic E-state index is 12.2. The number of carbonyl (C=O) groups excluding carboxylic acids is 1. The Hall–Kier alpha value is -2.63. The molecular weight excluding hydrogens is 426 g/mol. The van der Waals surface area contributed by atoms with Crippen LogP contribution in [0.15, 0.2) is 64.8 Å². The Morgan fingerprint density at radius 1 is 0.875 bits per heavy atom. The fourth-order valence-electron chi connectivity index (χ4n) is 3.57. The highest BCUT2D eigenvalue weighted by Crippen LogP contribution is 2.22. The Labute approximate surface area is 189 Å². The Morgan fingerprint density at radius 3 is 2.09 bits per heavy atom. The maximum Gasteiger partial charge on any atom is 0.501 e. The van der Waals surface area contributed by atoms with Crippen LogP contribution in [0.5, 0.6) is 0 Å². The second kappa shape index (κ2) is 11.3. The molecule has 0 atom stereocenters. The largest absolute Gasteiger partial charge is 0.501 e. The van der Waals surface area contributed by atoms with Crippen LogP contribution in [0.3, 0.4) is 0 Å². The van der Waals surface area contributed by atoms with Gasteiger partial charge in [-0.25, -0.2) is 4.79 Å². The lowest BCUT2D eigenvalue weighted by molar-refractivity contribution is -0.00847. The molecule has 0 saturated carbocycles. The lowest BCUT2D eigenvalue weighted by atomic mass is 10.3. The van der Waals surface area contributed by atoms with E-state index in [0.29, 0.717) is 43.8 Å². The first-order valence-corrected chi connectivity index (χ1v) is 12.9. The topological polar surface area (TPSA) is 96.8 Å². The van der Waals surface area contributed by atoms with Gasteiger partial charge in [-0.1, -0.05) is 18.2 Å². The van der Waals surface area contributed by atoms with Crippen LogP contribution in [-0.4, -0.2) is 65.7 Å². The van der Waals surface area contributed by atoms with Crippen LogP contribution < -0.4 is 10.6 Å². The number of urea groups is 1. The average Bonchev–Trinajstić information content (AvgIpc) is 2.77. The molecule has 2 N–H and O–H groups in total. The van der Waals surface area contributed by atoms with Gasteiger partial charge in [0.15, 0.2) is 0 Å². The van der Waals surface area contributed by atoms with Gasteiger partial charge in [-0.2, -0.15) is 10.2 Å². The Kier molecular flexibility index (Phi) is 7.96. The van der Waals surface area contributed by atoms with E-state index in [9.17, 15) is 4.79 Å². The number of amides is 2. The predicted octanol–water partition coefficient (Wildman–Crippen LogP) is 3.93. The summed E-state index contributed by atoms with van der Waals surface area (Å²) in [4.78, 5) is 14.5. The quantitative estimate of drug-likeness (QED) is 0.375. The van der Waals surface area contributed by atoms with Crippen molar-refractivity contribution < 1.29 is 18.1 Å². The first-order valence-electron chi connectivity index (χ1n) is 11.0. The summed E-state index contributed by atoms with van der Waals surface area (Å²) in [5.74, 6) is 0. The van der Waals surface area contributed by atoms with E-state index in [1.165, 1.54) is 0 Å². The first kappa shape index (κ1) is 22.6. The van der Waals surface area contributed by atoms with Crippen LogP contribution in [0.2, 0.25) is 6.04 Å². The van der Waals surface area contributed by atoms with Crippen LogP contribution >= 0.6 is 0 Å². The number of azo groups is 1. The van der Waals surface area contributed by atoms with Crippen molar-refractivity contribution in [1.29, 1.82) is 0 Å². The highest BCUT2D eigenvalue weighted by molar-refractivity contribution is 6.60. The van der Waals surface area contributed by atoms with Crippen molar-refractivity contribution in [3.05, 3.63) is 54.6 Å². The summed E-state index contributed by atoms with van der Waals surface area (Å²) in [5.41, 5.74) is 2.19. The molecule has 3 aliphatic heterocycles. The molecule has 9 nitrogen and oxygen atoms in total. The number of fused-ring (bicyclic) bond motifs is 6. The molecule has 2 bridgehead atoms. The second-order valence-corrected chi connectivity index (χ2v) is 10.4. The third kappa shape index (κ3) is 6.68. The highest BCUT2D eigenvalue weighted by atomic mass is 28.4. The Bertz CT molecular complexity index is 870. The highest BCUT2D eigenvalue weighted by Gasteiger charge is 2.43. The molecule has 3 saturated heterocycles. The van der Waals surface area contributed by atoms with Crippen molar-refractivity contribution in [2.75, 3.05) is 51.3 Å². The van der Waals surface area contributed by atoms with Crippen LogP contribution in [0.4, 0.5) is 21.9 Å². The molecule has 2 aromatic carbocycles. The van der Waals surface area contributed by atoms with E-state index in [0.717, 1.165) is 31.7 Å². The zero-order valence-corrected chi connectivity index (χ0v) is 19.0. The van der Waals surface area contributed by atoms with Crippen LogP contribution in [0.1, 0.15) is 6.42 Å². The SMILES string of the molecule is O=C(NCCC[Si]12OCCN(CCO1)CCO2)Nc1ccc(N=Nc2ccccc2)cc1. The lowest BCUT2D eigenvalue weighted by Crippen LogP contribution is -2.55. The van der Waals surface area contributed by atoms with E-state index in [4.69, 9.17) is 13.3 Å². The van der Waals surface area contributed by atoms with Crippen molar-refractivity contribution in [2.24, 2.45) is 10.2 Å². The molecule has 0 radical (unpaired) electrons. The van der Waals surface area contributed by atoms with Gasteiger partial charge in [-0.3, -0.25) is 4.90 Å². The number of carbonyl (C=O) groups is 1. The Morgan fingerprint density at radius 2 is 1.47 bits per heavy atom. The van der Waals surface area contributed by atoms with Gasteiger partial charge in [0.05, 0.1) is 31.2 Å². The minimum absolute atomic E-state index is 0.253. The molecule has 170 valence electrons. The molecule has 0 spiro atoms. The molecule has 3 fully saturated rings.